The van der Waals surface area contributed by atoms with E-state index in [4.69, 9.17) is 11.6 Å². The number of pyridine rings is 2. The molecule has 0 saturated carbocycles. The van der Waals surface area contributed by atoms with Crippen LogP contribution in [-0.4, -0.2) is 35.6 Å². The van der Waals surface area contributed by atoms with Crippen molar-refractivity contribution in [3.05, 3.63) is 65.4 Å². The number of benzene rings is 1. The second kappa shape index (κ2) is 8.90. The van der Waals surface area contributed by atoms with Crippen molar-refractivity contribution in [1.82, 2.24) is 9.97 Å². The number of hydrogen-bond acceptors (Lipinski definition) is 4. The average Bonchev–Trinajstić information content (AvgIpc) is 2.90. The Hall–Kier alpha value is -3.33. The summed E-state index contributed by atoms with van der Waals surface area (Å²) in [4.78, 5) is 25.4. The molecule has 0 spiro atoms. The molecule has 1 aliphatic rings. The van der Waals surface area contributed by atoms with E-state index in [1.807, 2.05) is 18.9 Å². The molecule has 33 heavy (non-hydrogen) atoms. The third-order valence-electron chi connectivity index (χ3n) is 5.54. The van der Waals surface area contributed by atoms with Gasteiger partial charge >= 0.3 is 12.2 Å². The van der Waals surface area contributed by atoms with Crippen molar-refractivity contribution in [2.24, 2.45) is 0 Å². The van der Waals surface area contributed by atoms with Gasteiger partial charge in [0.2, 0.25) is 0 Å². The highest BCUT2D eigenvalue weighted by molar-refractivity contribution is 6.33. The Bertz CT molecular complexity index is 1190. The zero-order chi connectivity index (χ0) is 23.8. The van der Waals surface area contributed by atoms with Crippen LogP contribution in [0.1, 0.15) is 18.9 Å². The first-order valence-electron chi connectivity index (χ1n) is 10.2. The molecule has 1 atom stereocenters. The predicted octanol–water partition coefficient (Wildman–Crippen LogP) is 6.08. The smallest absolute Gasteiger partial charge is 0.372 e. The number of halogens is 4. The number of carbonyl (C=O) groups excluding carboxylic acids is 1. The standard InChI is InChI=1S/C23H21ClF3N5O/c1-14-9-11-31(2)20-7-6-18(15-4-3-5-16(12-15)23(25,26)27)29-21(20)32(14)22(33)30-19-8-10-28-13-17(19)24/h3-8,10,12-14H,9,11H2,1-2H3,(H,28,30,33)/t14-/m1/s1. The minimum Gasteiger partial charge on any atom is -0.372 e. The number of anilines is 3. The van der Waals surface area contributed by atoms with Crippen LogP contribution in [-0.2, 0) is 6.18 Å². The number of nitrogens with one attached hydrogen (secondary N) is 1. The monoisotopic (exact) mass is 475 g/mol. The van der Waals surface area contributed by atoms with E-state index in [0.29, 0.717) is 41.4 Å². The van der Waals surface area contributed by atoms with Crippen molar-refractivity contribution in [2.45, 2.75) is 25.6 Å². The molecule has 0 radical (unpaired) electrons. The van der Waals surface area contributed by atoms with Gasteiger partial charge in [0.15, 0.2) is 5.82 Å². The maximum absolute atomic E-state index is 13.3. The summed E-state index contributed by atoms with van der Waals surface area (Å²) in [5, 5.41) is 3.08. The van der Waals surface area contributed by atoms with E-state index in [-0.39, 0.29) is 11.1 Å². The first-order chi connectivity index (χ1) is 15.6. The fourth-order valence-electron chi connectivity index (χ4n) is 3.72. The third-order valence-corrected chi connectivity index (χ3v) is 5.84. The largest absolute Gasteiger partial charge is 0.416 e. The van der Waals surface area contributed by atoms with Gasteiger partial charge in [-0.3, -0.25) is 9.88 Å². The number of amides is 2. The van der Waals surface area contributed by atoms with Crippen LogP contribution >= 0.6 is 11.6 Å². The second-order valence-electron chi connectivity index (χ2n) is 7.83. The van der Waals surface area contributed by atoms with E-state index in [9.17, 15) is 18.0 Å². The molecule has 4 rings (SSSR count). The number of hydrogen-bond donors (Lipinski definition) is 1. The molecule has 0 unspecified atom stereocenters. The van der Waals surface area contributed by atoms with Crippen LogP contribution < -0.4 is 15.1 Å². The molecule has 0 saturated heterocycles. The maximum atomic E-state index is 13.3. The number of nitrogens with zero attached hydrogens (tertiary/aromatic N) is 4. The molecule has 1 N–H and O–H groups in total. The van der Waals surface area contributed by atoms with Crippen LogP contribution in [0.2, 0.25) is 5.02 Å². The third kappa shape index (κ3) is 4.73. The Kier molecular flexibility index (Phi) is 6.16. The minimum absolute atomic E-state index is 0.224. The van der Waals surface area contributed by atoms with Gasteiger partial charge in [-0.15, -0.1) is 0 Å². The summed E-state index contributed by atoms with van der Waals surface area (Å²) in [5.41, 5.74) is 0.985. The van der Waals surface area contributed by atoms with Crippen molar-refractivity contribution >= 4 is 34.8 Å². The molecule has 2 amide bonds. The fraction of sp³-hybridized carbons (Fsp3) is 0.261. The Labute approximate surface area is 194 Å². The van der Waals surface area contributed by atoms with Gasteiger partial charge in [-0.1, -0.05) is 23.7 Å². The zero-order valence-electron chi connectivity index (χ0n) is 17.9. The van der Waals surface area contributed by atoms with E-state index in [0.717, 1.165) is 12.1 Å². The molecule has 10 heteroatoms. The summed E-state index contributed by atoms with van der Waals surface area (Å²) >= 11 is 6.14. The van der Waals surface area contributed by atoms with E-state index < -0.39 is 17.8 Å². The molecule has 1 aliphatic heterocycles. The summed E-state index contributed by atoms with van der Waals surface area (Å²) in [7, 11) is 1.89. The lowest BCUT2D eigenvalue weighted by molar-refractivity contribution is -0.137. The summed E-state index contributed by atoms with van der Waals surface area (Å²) in [6, 6.07) is 9.33. The zero-order valence-corrected chi connectivity index (χ0v) is 18.7. The van der Waals surface area contributed by atoms with Crippen LogP contribution in [0.4, 0.5) is 35.2 Å². The van der Waals surface area contributed by atoms with Gasteiger partial charge in [-0.05, 0) is 43.7 Å². The number of alkyl halides is 3. The Morgan fingerprint density at radius 3 is 2.73 bits per heavy atom. The quantitative estimate of drug-likeness (QED) is 0.487. The van der Waals surface area contributed by atoms with Crippen LogP contribution in [0.3, 0.4) is 0 Å². The maximum Gasteiger partial charge on any atom is 0.416 e. The summed E-state index contributed by atoms with van der Waals surface area (Å²) in [6.45, 7) is 2.58. The molecule has 3 heterocycles. The van der Waals surface area contributed by atoms with Crippen molar-refractivity contribution in [1.29, 1.82) is 0 Å². The molecular formula is C23H21ClF3N5O. The summed E-state index contributed by atoms with van der Waals surface area (Å²) < 4.78 is 39.7. The van der Waals surface area contributed by atoms with Gasteiger partial charge in [0.05, 0.1) is 27.7 Å². The lowest BCUT2D eigenvalue weighted by Crippen LogP contribution is -2.42. The van der Waals surface area contributed by atoms with Crippen molar-refractivity contribution < 1.29 is 18.0 Å². The number of rotatable bonds is 2. The Morgan fingerprint density at radius 2 is 2.00 bits per heavy atom. The predicted molar refractivity (Wildman–Crippen MR) is 123 cm³/mol. The van der Waals surface area contributed by atoms with Gasteiger partial charge < -0.3 is 10.2 Å². The highest BCUT2D eigenvalue weighted by atomic mass is 35.5. The van der Waals surface area contributed by atoms with E-state index in [1.54, 1.807) is 24.3 Å². The average molecular weight is 476 g/mol. The molecule has 0 bridgehead atoms. The number of urea groups is 1. The molecule has 6 nitrogen and oxygen atoms in total. The summed E-state index contributed by atoms with van der Waals surface area (Å²) in [6.07, 6.45) is -0.858. The van der Waals surface area contributed by atoms with E-state index in [2.05, 4.69) is 15.3 Å². The van der Waals surface area contributed by atoms with Gasteiger partial charge in [0.1, 0.15) is 0 Å². The van der Waals surface area contributed by atoms with Gasteiger partial charge in [-0.25, -0.2) is 9.78 Å². The normalized spacial score (nSPS) is 16.2. The van der Waals surface area contributed by atoms with Crippen molar-refractivity contribution in [2.75, 3.05) is 28.7 Å². The molecule has 1 aromatic carbocycles. The molecule has 3 aromatic rings. The number of fused-ring (bicyclic) bond motifs is 1. The second-order valence-corrected chi connectivity index (χ2v) is 8.24. The van der Waals surface area contributed by atoms with Gasteiger partial charge in [0, 0.05) is 37.6 Å². The molecule has 0 fully saturated rings. The van der Waals surface area contributed by atoms with Crippen LogP contribution in [0.15, 0.2) is 54.9 Å². The van der Waals surface area contributed by atoms with Gasteiger partial charge in [0.25, 0.3) is 0 Å². The van der Waals surface area contributed by atoms with Gasteiger partial charge in [-0.2, -0.15) is 13.2 Å². The Morgan fingerprint density at radius 1 is 1.21 bits per heavy atom. The fourth-order valence-corrected chi connectivity index (χ4v) is 3.89. The first-order valence-corrected chi connectivity index (χ1v) is 10.6. The van der Waals surface area contributed by atoms with E-state index in [1.165, 1.54) is 23.4 Å². The Balaban J connectivity index is 1.77. The SMILES string of the molecule is C[C@@H]1CCN(C)c2ccc(-c3cccc(C(F)(F)F)c3)nc2N1C(=O)Nc1ccncc1Cl. The van der Waals surface area contributed by atoms with E-state index >= 15 is 0 Å². The molecule has 0 aliphatic carbocycles. The lowest BCUT2D eigenvalue weighted by Gasteiger charge is -2.28. The molecule has 2 aromatic heterocycles. The first kappa shape index (κ1) is 22.8. The van der Waals surface area contributed by atoms with Crippen LogP contribution in [0.5, 0.6) is 0 Å². The number of aromatic nitrogens is 2. The summed E-state index contributed by atoms with van der Waals surface area (Å²) in [5.74, 6) is 0.361. The molecule has 172 valence electrons. The number of carbonyl (C=O) groups is 1. The highest BCUT2D eigenvalue weighted by Gasteiger charge is 2.32. The van der Waals surface area contributed by atoms with Crippen molar-refractivity contribution in [3.8, 4) is 11.3 Å². The topological polar surface area (TPSA) is 61.4 Å². The minimum atomic E-state index is -4.47. The van der Waals surface area contributed by atoms with Crippen LogP contribution in [0.25, 0.3) is 11.3 Å². The molecular weight excluding hydrogens is 455 g/mol. The van der Waals surface area contributed by atoms with Crippen molar-refractivity contribution in [3.63, 3.8) is 0 Å². The lowest BCUT2D eigenvalue weighted by atomic mass is 10.1. The highest BCUT2D eigenvalue weighted by Crippen LogP contribution is 2.37. The van der Waals surface area contributed by atoms with Crippen LogP contribution in [0, 0.1) is 0 Å².